The van der Waals surface area contributed by atoms with E-state index in [2.05, 4.69) is 18.6 Å². The van der Waals surface area contributed by atoms with Gasteiger partial charge in [-0.3, -0.25) is 0 Å². The van der Waals surface area contributed by atoms with Gasteiger partial charge in [0, 0.05) is 6.42 Å². The summed E-state index contributed by atoms with van der Waals surface area (Å²) in [5, 5.41) is 10.1. The maximum atomic E-state index is 11.5. The Labute approximate surface area is 96.9 Å². The van der Waals surface area contributed by atoms with Crippen LogP contribution in [-0.2, 0) is 14.3 Å². The van der Waals surface area contributed by atoms with Gasteiger partial charge in [-0.05, 0) is 24.7 Å². The average molecular weight is 230 g/mol. The van der Waals surface area contributed by atoms with Gasteiger partial charge in [0.15, 0.2) is 0 Å². The Bertz CT molecular complexity index is 249. The highest BCUT2D eigenvalue weighted by atomic mass is 16.7. The van der Waals surface area contributed by atoms with E-state index in [1.807, 2.05) is 6.92 Å². The molecule has 0 aromatic rings. The molecule has 1 aliphatic rings. The lowest BCUT2D eigenvalue weighted by Crippen LogP contribution is -2.50. The van der Waals surface area contributed by atoms with Crippen LogP contribution in [0.25, 0.3) is 0 Å². The summed E-state index contributed by atoms with van der Waals surface area (Å²) < 4.78 is 10.1. The Hall–Kier alpha value is -0.610. The lowest BCUT2D eigenvalue weighted by Gasteiger charge is -2.38. The molecule has 0 aromatic heterocycles. The third-order valence-electron chi connectivity index (χ3n) is 2.89. The van der Waals surface area contributed by atoms with Crippen molar-refractivity contribution in [2.45, 2.75) is 51.9 Å². The van der Waals surface area contributed by atoms with E-state index in [-0.39, 0.29) is 12.0 Å². The summed E-state index contributed by atoms with van der Waals surface area (Å²) in [7, 11) is 1.26. The molecule has 1 fully saturated rings. The lowest BCUT2D eigenvalue weighted by molar-refractivity contribution is -0.267. The molecule has 0 amide bonds. The fourth-order valence-corrected chi connectivity index (χ4v) is 2.34. The van der Waals surface area contributed by atoms with Crippen molar-refractivity contribution in [3.8, 4) is 0 Å². The van der Waals surface area contributed by atoms with Crippen LogP contribution in [0.3, 0.4) is 0 Å². The summed E-state index contributed by atoms with van der Waals surface area (Å²) in [6.45, 7) is 6.21. The number of carbonyl (C=O) groups excluding carboxylic acids is 1. The van der Waals surface area contributed by atoms with Gasteiger partial charge in [0.2, 0.25) is 0 Å². The van der Waals surface area contributed by atoms with Crippen molar-refractivity contribution >= 4 is 5.97 Å². The quantitative estimate of drug-likeness (QED) is 0.750. The van der Waals surface area contributed by atoms with Crippen molar-refractivity contribution in [3.05, 3.63) is 0 Å². The molecule has 94 valence electrons. The van der Waals surface area contributed by atoms with E-state index >= 15 is 0 Å². The minimum Gasteiger partial charge on any atom is -0.465 e. The van der Waals surface area contributed by atoms with Crippen molar-refractivity contribution in [2.75, 3.05) is 7.11 Å². The second-order valence-electron chi connectivity index (χ2n) is 5.19. The second-order valence-corrected chi connectivity index (χ2v) is 5.19. The van der Waals surface area contributed by atoms with Crippen LogP contribution < -0.4 is 0 Å². The van der Waals surface area contributed by atoms with Crippen molar-refractivity contribution in [3.63, 3.8) is 0 Å². The molecular formula is C12H22O4. The molecule has 4 nitrogen and oxygen atoms in total. The molecule has 16 heavy (non-hydrogen) atoms. The molecule has 1 rings (SSSR count). The van der Waals surface area contributed by atoms with Crippen molar-refractivity contribution < 1.29 is 19.4 Å². The van der Waals surface area contributed by atoms with E-state index in [0.717, 1.165) is 12.8 Å². The zero-order valence-corrected chi connectivity index (χ0v) is 10.5. The molecule has 1 heterocycles. The van der Waals surface area contributed by atoms with Crippen LogP contribution in [0.5, 0.6) is 0 Å². The van der Waals surface area contributed by atoms with Crippen LogP contribution in [0.15, 0.2) is 0 Å². The smallest absolute Gasteiger partial charge is 0.366 e. The van der Waals surface area contributed by atoms with E-state index in [1.165, 1.54) is 7.11 Å². The van der Waals surface area contributed by atoms with Crippen LogP contribution in [0.1, 0.15) is 40.0 Å². The van der Waals surface area contributed by atoms with Crippen LogP contribution in [0.2, 0.25) is 0 Å². The van der Waals surface area contributed by atoms with Crippen LogP contribution in [-0.4, -0.2) is 30.1 Å². The Morgan fingerprint density at radius 3 is 2.75 bits per heavy atom. The van der Waals surface area contributed by atoms with Gasteiger partial charge in [-0.25, -0.2) is 4.79 Å². The molecule has 0 bridgehead atoms. The summed E-state index contributed by atoms with van der Waals surface area (Å²) in [4.78, 5) is 11.5. The highest BCUT2D eigenvalue weighted by molar-refractivity contribution is 5.77. The second kappa shape index (κ2) is 5.15. The monoisotopic (exact) mass is 230 g/mol. The maximum Gasteiger partial charge on any atom is 0.366 e. The fraction of sp³-hybridized carbons (Fsp3) is 0.917. The molecular weight excluding hydrogens is 208 g/mol. The first kappa shape index (κ1) is 13.5. The number of carbonyl (C=O) groups is 1. The van der Waals surface area contributed by atoms with Gasteiger partial charge in [0.1, 0.15) is 0 Å². The summed E-state index contributed by atoms with van der Waals surface area (Å²) in [5.74, 6) is -1.68. The SMILES string of the molecule is COC(=O)[C@]1(O)C[C@H](C)C[C@H](CC(C)C)O1. The minimum absolute atomic E-state index is 0.0622. The predicted molar refractivity (Wildman–Crippen MR) is 59.7 cm³/mol. The fourth-order valence-electron chi connectivity index (χ4n) is 2.34. The number of esters is 1. The van der Waals surface area contributed by atoms with Crippen molar-refractivity contribution in [2.24, 2.45) is 11.8 Å². The van der Waals surface area contributed by atoms with Crippen LogP contribution in [0.4, 0.5) is 0 Å². The molecule has 0 unspecified atom stereocenters. The molecule has 1 N–H and O–H groups in total. The number of hydrogen-bond acceptors (Lipinski definition) is 4. The molecule has 3 atom stereocenters. The van der Waals surface area contributed by atoms with Crippen molar-refractivity contribution in [1.29, 1.82) is 0 Å². The first-order valence-corrected chi connectivity index (χ1v) is 5.86. The van der Waals surface area contributed by atoms with Gasteiger partial charge < -0.3 is 14.6 Å². The first-order valence-electron chi connectivity index (χ1n) is 5.86. The van der Waals surface area contributed by atoms with Crippen molar-refractivity contribution in [1.82, 2.24) is 0 Å². The Morgan fingerprint density at radius 2 is 2.25 bits per heavy atom. The van der Waals surface area contributed by atoms with E-state index in [0.29, 0.717) is 12.3 Å². The van der Waals surface area contributed by atoms with Gasteiger partial charge >= 0.3 is 5.97 Å². The molecule has 0 radical (unpaired) electrons. The number of hydrogen-bond donors (Lipinski definition) is 1. The van der Waals surface area contributed by atoms with Gasteiger partial charge in [-0.2, -0.15) is 0 Å². The average Bonchev–Trinajstić information content (AvgIpc) is 2.13. The third kappa shape index (κ3) is 3.19. The van der Waals surface area contributed by atoms with Crippen LogP contribution >= 0.6 is 0 Å². The summed E-state index contributed by atoms with van der Waals surface area (Å²) in [5.41, 5.74) is 0. The zero-order valence-electron chi connectivity index (χ0n) is 10.5. The van der Waals surface area contributed by atoms with E-state index < -0.39 is 11.8 Å². The molecule has 4 heteroatoms. The van der Waals surface area contributed by atoms with Gasteiger partial charge in [-0.15, -0.1) is 0 Å². The summed E-state index contributed by atoms with van der Waals surface area (Å²) >= 11 is 0. The highest BCUT2D eigenvalue weighted by Gasteiger charge is 2.45. The number of ether oxygens (including phenoxy) is 2. The number of rotatable bonds is 3. The van der Waals surface area contributed by atoms with Crippen LogP contribution in [0, 0.1) is 11.8 Å². The summed E-state index contributed by atoms with van der Waals surface area (Å²) in [6, 6.07) is 0. The zero-order chi connectivity index (χ0) is 12.3. The third-order valence-corrected chi connectivity index (χ3v) is 2.89. The summed E-state index contributed by atoms with van der Waals surface area (Å²) in [6.07, 6.45) is 1.99. The highest BCUT2D eigenvalue weighted by Crippen LogP contribution is 2.34. The number of aliphatic hydroxyl groups is 1. The largest absolute Gasteiger partial charge is 0.465 e. The first-order chi connectivity index (χ1) is 7.37. The minimum atomic E-state index is -1.74. The van der Waals surface area contributed by atoms with E-state index in [1.54, 1.807) is 0 Å². The molecule has 1 saturated heterocycles. The molecule has 1 aliphatic heterocycles. The normalized spacial score (nSPS) is 35.1. The molecule has 0 aliphatic carbocycles. The topological polar surface area (TPSA) is 55.8 Å². The lowest BCUT2D eigenvalue weighted by atomic mass is 9.88. The van der Waals surface area contributed by atoms with Gasteiger partial charge in [0.05, 0.1) is 13.2 Å². The number of methoxy groups -OCH3 is 1. The van der Waals surface area contributed by atoms with Gasteiger partial charge in [-0.1, -0.05) is 20.8 Å². The standard InChI is InChI=1S/C12H22O4/c1-8(2)5-10-6-9(3)7-12(14,16-10)11(13)15-4/h8-10,14H,5-7H2,1-4H3/t9-,10+,12+/m1/s1. The molecule has 0 saturated carbocycles. The Balaban J connectivity index is 2.70. The van der Waals surface area contributed by atoms with Gasteiger partial charge in [0.25, 0.3) is 5.79 Å². The Kier molecular flexibility index (Phi) is 4.33. The van der Waals surface area contributed by atoms with E-state index in [4.69, 9.17) is 4.74 Å². The maximum absolute atomic E-state index is 11.5. The molecule has 0 spiro atoms. The molecule has 0 aromatic carbocycles. The Morgan fingerprint density at radius 1 is 1.62 bits per heavy atom. The predicted octanol–water partition coefficient (Wildman–Crippen LogP) is 1.71. The van der Waals surface area contributed by atoms with E-state index in [9.17, 15) is 9.90 Å².